The number of hydrogen-bond donors (Lipinski definition) is 2. The molecule has 2 atom stereocenters. The quantitative estimate of drug-likeness (QED) is 0.743. The predicted octanol–water partition coefficient (Wildman–Crippen LogP) is 2.39. The van der Waals surface area contributed by atoms with Gasteiger partial charge in [0.1, 0.15) is 5.75 Å². The molecule has 0 heterocycles. The number of ether oxygens (including phenoxy) is 1. The van der Waals surface area contributed by atoms with Crippen LogP contribution in [0.5, 0.6) is 5.75 Å². The second-order valence-electron chi connectivity index (χ2n) is 4.77. The fourth-order valence-electron chi connectivity index (χ4n) is 1.66. The Balaban J connectivity index is 2.53. The first-order chi connectivity index (χ1) is 9.04. The lowest BCUT2D eigenvalue weighted by atomic mass is 10.1. The Morgan fingerprint density at radius 3 is 2.79 bits per heavy atom. The highest BCUT2D eigenvalue weighted by molar-refractivity contribution is 5.80. The lowest BCUT2D eigenvalue weighted by molar-refractivity contribution is -0.127. The third-order valence-corrected chi connectivity index (χ3v) is 2.90. The van der Waals surface area contributed by atoms with Gasteiger partial charge in [0.15, 0.2) is 6.10 Å². The van der Waals surface area contributed by atoms with Gasteiger partial charge in [-0.2, -0.15) is 0 Å². The van der Waals surface area contributed by atoms with Gasteiger partial charge in [-0.3, -0.25) is 4.79 Å². The number of carbonyl (C=O) groups is 1. The molecule has 0 fully saturated rings. The number of nitrogens with two attached hydrogens (primary N) is 1. The predicted molar refractivity (Wildman–Crippen MR) is 77.1 cm³/mol. The van der Waals surface area contributed by atoms with Crippen LogP contribution in [0.15, 0.2) is 24.3 Å². The largest absolute Gasteiger partial charge is 0.481 e. The molecular formula is C15H24N2O2. The van der Waals surface area contributed by atoms with E-state index >= 15 is 0 Å². The Labute approximate surface area is 115 Å². The van der Waals surface area contributed by atoms with Crippen LogP contribution in [-0.2, 0) is 4.79 Å². The molecule has 3 N–H and O–H groups in total. The molecule has 1 aromatic rings. The number of hydrogen-bond acceptors (Lipinski definition) is 3. The van der Waals surface area contributed by atoms with Gasteiger partial charge in [-0.1, -0.05) is 25.5 Å². The molecule has 2 unspecified atom stereocenters. The van der Waals surface area contributed by atoms with E-state index in [1.54, 1.807) is 6.92 Å². The molecular weight excluding hydrogens is 240 g/mol. The van der Waals surface area contributed by atoms with Crippen LogP contribution in [0.25, 0.3) is 0 Å². The fourth-order valence-corrected chi connectivity index (χ4v) is 1.66. The molecule has 106 valence electrons. The second-order valence-corrected chi connectivity index (χ2v) is 4.77. The smallest absolute Gasteiger partial charge is 0.260 e. The number of amides is 1. The van der Waals surface area contributed by atoms with Crippen LogP contribution < -0.4 is 15.8 Å². The summed E-state index contributed by atoms with van der Waals surface area (Å²) in [5.41, 5.74) is 6.82. The Hall–Kier alpha value is -1.55. The number of unbranched alkanes of at least 4 members (excludes halogenated alkanes) is 1. The summed E-state index contributed by atoms with van der Waals surface area (Å²) >= 11 is 0. The van der Waals surface area contributed by atoms with Crippen LogP contribution >= 0.6 is 0 Å². The summed E-state index contributed by atoms with van der Waals surface area (Å²) in [6.45, 7) is 6.45. The molecule has 0 aliphatic carbocycles. The minimum absolute atomic E-state index is 0.0442. The normalized spacial score (nSPS) is 13.7. The highest BCUT2D eigenvalue weighted by atomic mass is 16.5. The summed E-state index contributed by atoms with van der Waals surface area (Å²) in [5, 5.41) is 2.85. The summed E-state index contributed by atoms with van der Waals surface area (Å²) in [6, 6.07) is 7.50. The zero-order valence-electron chi connectivity index (χ0n) is 12.0. The number of nitrogens with one attached hydrogen (secondary N) is 1. The molecule has 1 amide bonds. The van der Waals surface area contributed by atoms with Crippen LogP contribution in [0.2, 0.25) is 0 Å². The van der Waals surface area contributed by atoms with Gasteiger partial charge in [-0.15, -0.1) is 0 Å². The maximum Gasteiger partial charge on any atom is 0.260 e. The summed E-state index contributed by atoms with van der Waals surface area (Å²) in [5.74, 6) is 0.590. The van der Waals surface area contributed by atoms with Crippen molar-refractivity contribution in [2.24, 2.45) is 5.73 Å². The van der Waals surface area contributed by atoms with Gasteiger partial charge in [-0.05, 0) is 38.0 Å². The first-order valence-electron chi connectivity index (χ1n) is 6.84. The van der Waals surface area contributed by atoms with Crippen molar-refractivity contribution in [3.8, 4) is 5.75 Å². The van der Waals surface area contributed by atoms with Crippen molar-refractivity contribution in [1.82, 2.24) is 5.32 Å². The lowest BCUT2D eigenvalue weighted by Gasteiger charge is -2.16. The molecule has 0 spiro atoms. The molecule has 1 aromatic carbocycles. The standard InChI is InChI=1S/C15H24N2O2/c1-4-5-9-17-15(18)12(3)19-14-8-6-7-13(10-14)11(2)16/h6-8,10-12H,4-5,9,16H2,1-3H3,(H,17,18). The number of benzene rings is 1. The van der Waals surface area contributed by atoms with Crippen molar-refractivity contribution in [2.75, 3.05) is 6.54 Å². The van der Waals surface area contributed by atoms with Crippen LogP contribution in [0, 0.1) is 0 Å². The van der Waals surface area contributed by atoms with Crippen molar-refractivity contribution >= 4 is 5.91 Å². The third-order valence-electron chi connectivity index (χ3n) is 2.90. The topological polar surface area (TPSA) is 64.3 Å². The summed E-state index contributed by atoms with van der Waals surface area (Å²) < 4.78 is 5.63. The van der Waals surface area contributed by atoms with E-state index in [2.05, 4.69) is 12.2 Å². The molecule has 0 aliphatic heterocycles. The molecule has 1 rings (SSSR count). The van der Waals surface area contributed by atoms with Crippen LogP contribution in [-0.4, -0.2) is 18.6 Å². The maximum atomic E-state index is 11.8. The molecule has 4 nitrogen and oxygen atoms in total. The fraction of sp³-hybridized carbons (Fsp3) is 0.533. The molecule has 4 heteroatoms. The van der Waals surface area contributed by atoms with E-state index in [1.165, 1.54) is 0 Å². The van der Waals surface area contributed by atoms with Crippen molar-refractivity contribution in [2.45, 2.75) is 45.8 Å². The first-order valence-corrected chi connectivity index (χ1v) is 6.84. The van der Waals surface area contributed by atoms with E-state index in [0.29, 0.717) is 12.3 Å². The molecule has 19 heavy (non-hydrogen) atoms. The van der Waals surface area contributed by atoms with Gasteiger partial charge >= 0.3 is 0 Å². The van der Waals surface area contributed by atoms with Crippen molar-refractivity contribution in [3.63, 3.8) is 0 Å². The summed E-state index contributed by atoms with van der Waals surface area (Å²) in [6.07, 6.45) is 1.55. The van der Waals surface area contributed by atoms with Crippen molar-refractivity contribution in [3.05, 3.63) is 29.8 Å². The highest BCUT2D eigenvalue weighted by Crippen LogP contribution is 2.18. The van der Waals surface area contributed by atoms with Crippen LogP contribution in [0.4, 0.5) is 0 Å². The first kappa shape index (κ1) is 15.5. The SMILES string of the molecule is CCCCNC(=O)C(C)Oc1cccc(C(C)N)c1. The van der Waals surface area contributed by atoms with E-state index in [1.807, 2.05) is 31.2 Å². The van der Waals surface area contributed by atoms with Gasteiger partial charge in [0.2, 0.25) is 0 Å². The van der Waals surface area contributed by atoms with E-state index < -0.39 is 6.10 Å². The highest BCUT2D eigenvalue weighted by Gasteiger charge is 2.14. The number of rotatable bonds is 7. The van der Waals surface area contributed by atoms with Gasteiger partial charge in [0.05, 0.1) is 0 Å². The molecule has 0 bridgehead atoms. The zero-order chi connectivity index (χ0) is 14.3. The average molecular weight is 264 g/mol. The Kier molecular flexibility index (Phi) is 6.36. The lowest BCUT2D eigenvalue weighted by Crippen LogP contribution is -2.36. The Morgan fingerprint density at radius 1 is 1.42 bits per heavy atom. The van der Waals surface area contributed by atoms with Gasteiger partial charge < -0.3 is 15.8 Å². The van der Waals surface area contributed by atoms with Gasteiger partial charge in [0, 0.05) is 12.6 Å². The number of carbonyl (C=O) groups excluding carboxylic acids is 1. The van der Waals surface area contributed by atoms with E-state index in [-0.39, 0.29) is 11.9 Å². The van der Waals surface area contributed by atoms with Crippen LogP contribution in [0.3, 0.4) is 0 Å². The monoisotopic (exact) mass is 264 g/mol. The molecule has 0 saturated carbocycles. The van der Waals surface area contributed by atoms with E-state index in [9.17, 15) is 4.79 Å². The summed E-state index contributed by atoms with van der Waals surface area (Å²) in [7, 11) is 0. The van der Waals surface area contributed by atoms with Crippen molar-refractivity contribution < 1.29 is 9.53 Å². The second kappa shape index (κ2) is 7.79. The molecule has 0 saturated heterocycles. The minimum Gasteiger partial charge on any atom is -0.481 e. The minimum atomic E-state index is -0.500. The van der Waals surface area contributed by atoms with Gasteiger partial charge in [-0.25, -0.2) is 0 Å². The van der Waals surface area contributed by atoms with E-state index in [4.69, 9.17) is 10.5 Å². The van der Waals surface area contributed by atoms with Crippen LogP contribution in [0.1, 0.15) is 45.2 Å². The average Bonchev–Trinajstić information content (AvgIpc) is 2.39. The maximum absolute atomic E-state index is 11.8. The molecule has 0 aliphatic rings. The van der Waals surface area contributed by atoms with Crippen molar-refractivity contribution in [1.29, 1.82) is 0 Å². The third kappa shape index (κ3) is 5.30. The van der Waals surface area contributed by atoms with Gasteiger partial charge in [0.25, 0.3) is 5.91 Å². The molecule has 0 radical (unpaired) electrons. The molecule has 0 aromatic heterocycles. The zero-order valence-corrected chi connectivity index (χ0v) is 12.0. The summed E-state index contributed by atoms with van der Waals surface area (Å²) in [4.78, 5) is 11.8. The van der Waals surface area contributed by atoms with E-state index in [0.717, 1.165) is 18.4 Å². The Bertz CT molecular complexity index is 405. The Morgan fingerprint density at radius 2 is 2.16 bits per heavy atom.